The molecule has 1 aromatic carbocycles. The number of benzene rings is 1. The molecule has 2 atom stereocenters. The molecule has 0 saturated carbocycles. The fourth-order valence-corrected chi connectivity index (χ4v) is 4.78. The maximum atomic E-state index is 12.7. The van der Waals surface area contributed by atoms with Gasteiger partial charge in [-0.25, -0.2) is 0 Å². The summed E-state index contributed by atoms with van der Waals surface area (Å²) in [4.78, 5) is 16.6. The predicted octanol–water partition coefficient (Wildman–Crippen LogP) is 3.09. The van der Waals surface area contributed by atoms with E-state index in [-0.39, 0.29) is 26.0 Å². The van der Waals surface area contributed by atoms with E-state index >= 15 is 0 Å². The van der Waals surface area contributed by atoms with Crippen LogP contribution in [0.5, 0.6) is 5.75 Å². The SMILES string of the molecule is O=C1C=C(c2cccc(OC(F)(F)F)c2)PC2C=CC(N3CCNCC3)=CN12. The molecule has 9 heteroatoms. The Kier molecular flexibility index (Phi) is 5.17. The zero-order chi connectivity index (χ0) is 19.7. The number of amides is 1. The third-order valence-electron chi connectivity index (χ3n) is 4.71. The van der Waals surface area contributed by atoms with E-state index in [2.05, 4.69) is 15.0 Å². The Hall–Kier alpha value is -2.31. The van der Waals surface area contributed by atoms with Crippen molar-refractivity contribution in [1.82, 2.24) is 15.1 Å². The lowest BCUT2D eigenvalue weighted by atomic mass is 10.1. The van der Waals surface area contributed by atoms with Gasteiger partial charge in [0.2, 0.25) is 0 Å². The minimum Gasteiger partial charge on any atom is -0.406 e. The summed E-state index contributed by atoms with van der Waals surface area (Å²) in [5, 5.41) is 4.02. The second-order valence-corrected chi connectivity index (χ2v) is 8.04. The molecule has 1 fully saturated rings. The number of carbonyl (C=O) groups is 1. The minimum atomic E-state index is -4.74. The van der Waals surface area contributed by atoms with Gasteiger partial charge in [0.15, 0.2) is 0 Å². The summed E-state index contributed by atoms with van der Waals surface area (Å²) in [6.07, 6.45) is 2.66. The fourth-order valence-electron chi connectivity index (χ4n) is 3.40. The maximum absolute atomic E-state index is 12.7. The van der Waals surface area contributed by atoms with E-state index in [1.807, 2.05) is 18.4 Å². The lowest BCUT2D eigenvalue weighted by Gasteiger charge is -2.37. The summed E-state index contributed by atoms with van der Waals surface area (Å²) in [7, 11) is 0.236. The topological polar surface area (TPSA) is 44.8 Å². The lowest BCUT2D eigenvalue weighted by Crippen LogP contribution is -2.44. The van der Waals surface area contributed by atoms with Gasteiger partial charge < -0.3 is 19.9 Å². The van der Waals surface area contributed by atoms with Crippen LogP contribution in [0.1, 0.15) is 5.56 Å². The average molecular weight is 409 g/mol. The summed E-state index contributed by atoms with van der Waals surface area (Å²) >= 11 is 0. The molecule has 3 heterocycles. The summed E-state index contributed by atoms with van der Waals surface area (Å²) in [6.45, 7) is 3.59. The number of nitrogens with zero attached hydrogens (tertiary/aromatic N) is 2. The van der Waals surface area contributed by atoms with E-state index in [0.29, 0.717) is 5.56 Å². The number of halogens is 3. The summed E-state index contributed by atoms with van der Waals surface area (Å²) in [5.74, 6) is -0.574. The average Bonchev–Trinajstić information content (AvgIpc) is 2.67. The van der Waals surface area contributed by atoms with Crippen LogP contribution in [0, 0.1) is 0 Å². The largest absolute Gasteiger partial charge is 0.573 e. The molecule has 0 aromatic heterocycles. The molecule has 4 rings (SSSR count). The Labute approximate surface area is 162 Å². The van der Waals surface area contributed by atoms with Crippen LogP contribution in [0.15, 0.2) is 54.4 Å². The van der Waals surface area contributed by atoms with Crippen molar-refractivity contribution in [1.29, 1.82) is 0 Å². The molecule has 0 radical (unpaired) electrons. The van der Waals surface area contributed by atoms with Gasteiger partial charge >= 0.3 is 6.36 Å². The second-order valence-electron chi connectivity index (χ2n) is 6.62. The van der Waals surface area contributed by atoms with Crippen molar-refractivity contribution in [3.63, 3.8) is 0 Å². The normalized spacial score (nSPS) is 23.4. The van der Waals surface area contributed by atoms with E-state index in [4.69, 9.17) is 0 Å². The number of allylic oxidation sites excluding steroid dienone is 1. The first-order chi connectivity index (χ1) is 13.4. The Morgan fingerprint density at radius 2 is 2.00 bits per heavy atom. The fraction of sp³-hybridized carbons (Fsp3) is 0.316. The van der Waals surface area contributed by atoms with Gasteiger partial charge in [0.05, 0.1) is 11.5 Å². The molecule has 1 N–H and O–H groups in total. The van der Waals surface area contributed by atoms with Gasteiger partial charge in [-0.05, 0) is 29.1 Å². The zero-order valence-electron chi connectivity index (χ0n) is 14.9. The summed E-state index contributed by atoms with van der Waals surface area (Å²) in [6, 6.07) is 5.77. The van der Waals surface area contributed by atoms with Gasteiger partial charge in [-0.15, -0.1) is 13.2 Å². The molecule has 148 valence electrons. The smallest absolute Gasteiger partial charge is 0.406 e. The summed E-state index contributed by atoms with van der Waals surface area (Å²) < 4.78 is 41.4. The second kappa shape index (κ2) is 7.60. The molecule has 3 aliphatic rings. The van der Waals surface area contributed by atoms with Gasteiger partial charge in [-0.2, -0.15) is 0 Å². The quantitative estimate of drug-likeness (QED) is 0.780. The number of ether oxygens (including phenoxy) is 1. The first kappa shape index (κ1) is 19.0. The first-order valence-corrected chi connectivity index (χ1v) is 9.99. The molecule has 3 aliphatic heterocycles. The van der Waals surface area contributed by atoms with Crippen LogP contribution < -0.4 is 10.1 Å². The van der Waals surface area contributed by atoms with Crippen molar-refractivity contribution in [2.24, 2.45) is 0 Å². The van der Waals surface area contributed by atoms with Gasteiger partial charge in [-0.3, -0.25) is 4.79 Å². The Balaban J connectivity index is 1.54. The monoisotopic (exact) mass is 409 g/mol. The van der Waals surface area contributed by atoms with E-state index in [1.54, 1.807) is 11.0 Å². The van der Waals surface area contributed by atoms with Crippen LogP contribution in [0.4, 0.5) is 13.2 Å². The molecule has 1 saturated heterocycles. The molecular formula is C19H19F3N3O2P. The van der Waals surface area contributed by atoms with Crippen molar-refractivity contribution in [2.45, 2.75) is 12.1 Å². The van der Waals surface area contributed by atoms with E-state index in [9.17, 15) is 18.0 Å². The molecule has 0 aliphatic carbocycles. The first-order valence-electron chi connectivity index (χ1n) is 8.91. The van der Waals surface area contributed by atoms with Crippen LogP contribution in [0.3, 0.4) is 0 Å². The molecular weight excluding hydrogens is 390 g/mol. The number of hydrogen-bond acceptors (Lipinski definition) is 4. The van der Waals surface area contributed by atoms with Crippen molar-refractivity contribution in [3.05, 3.63) is 60.0 Å². The highest BCUT2D eigenvalue weighted by Crippen LogP contribution is 2.45. The number of carbonyl (C=O) groups excluding carboxylic acids is 1. The minimum absolute atomic E-state index is 0.119. The van der Waals surface area contributed by atoms with E-state index < -0.39 is 6.36 Å². The summed E-state index contributed by atoms with van der Waals surface area (Å²) in [5.41, 5.74) is 1.58. The highest BCUT2D eigenvalue weighted by atomic mass is 31.1. The van der Waals surface area contributed by atoms with Crippen LogP contribution in [-0.4, -0.2) is 54.0 Å². The number of alkyl halides is 3. The van der Waals surface area contributed by atoms with Crippen molar-refractivity contribution < 1.29 is 22.7 Å². The highest BCUT2D eigenvalue weighted by Gasteiger charge is 2.32. The number of piperazine rings is 1. The van der Waals surface area contributed by atoms with Crippen LogP contribution in [0.25, 0.3) is 5.31 Å². The van der Waals surface area contributed by atoms with Gasteiger partial charge in [0.25, 0.3) is 5.91 Å². The highest BCUT2D eigenvalue weighted by molar-refractivity contribution is 7.51. The van der Waals surface area contributed by atoms with Gasteiger partial charge in [0, 0.05) is 38.5 Å². The van der Waals surface area contributed by atoms with Crippen LogP contribution in [0.2, 0.25) is 0 Å². The van der Waals surface area contributed by atoms with Crippen molar-refractivity contribution in [2.75, 3.05) is 26.2 Å². The third kappa shape index (κ3) is 4.23. The molecule has 1 aromatic rings. The molecule has 2 unspecified atom stereocenters. The predicted molar refractivity (Wildman–Crippen MR) is 102 cm³/mol. The number of fused-ring (bicyclic) bond motifs is 1. The Morgan fingerprint density at radius 3 is 2.75 bits per heavy atom. The molecule has 0 spiro atoms. The van der Waals surface area contributed by atoms with E-state index in [1.165, 1.54) is 24.3 Å². The van der Waals surface area contributed by atoms with Crippen LogP contribution >= 0.6 is 8.58 Å². The Bertz CT molecular complexity index is 860. The molecule has 28 heavy (non-hydrogen) atoms. The standard InChI is InChI=1S/C19H19F3N3O2P/c20-19(21,22)27-15-3-1-2-13(10-15)16-11-17(26)25-12-14(4-5-18(25)28-16)24-8-6-23-7-9-24/h1-5,10-12,18,23,28H,6-9H2. The van der Waals surface area contributed by atoms with Gasteiger partial charge in [0.1, 0.15) is 5.75 Å². The van der Waals surface area contributed by atoms with E-state index in [0.717, 1.165) is 37.2 Å². The lowest BCUT2D eigenvalue weighted by molar-refractivity contribution is -0.274. The third-order valence-corrected chi connectivity index (χ3v) is 6.22. The number of rotatable bonds is 3. The molecule has 0 bridgehead atoms. The number of nitrogens with one attached hydrogen (secondary N) is 1. The Morgan fingerprint density at radius 1 is 1.21 bits per heavy atom. The van der Waals surface area contributed by atoms with Crippen molar-refractivity contribution in [3.8, 4) is 5.75 Å². The molecule has 5 nitrogen and oxygen atoms in total. The zero-order valence-corrected chi connectivity index (χ0v) is 15.9. The number of hydrogen-bond donors (Lipinski definition) is 1. The van der Waals surface area contributed by atoms with Gasteiger partial charge in [-0.1, -0.05) is 26.8 Å². The van der Waals surface area contributed by atoms with Crippen molar-refractivity contribution >= 4 is 19.8 Å². The van der Waals surface area contributed by atoms with Crippen LogP contribution in [-0.2, 0) is 4.79 Å². The molecule has 1 amide bonds. The maximum Gasteiger partial charge on any atom is 0.573 e.